The van der Waals surface area contributed by atoms with Crippen LogP contribution in [0.3, 0.4) is 0 Å². The maximum absolute atomic E-state index is 11.7. The summed E-state index contributed by atoms with van der Waals surface area (Å²) in [6, 6.07) is 0. The second kappa shape index (κ2) is 22.7. The summed E-state index contributed by atoms with van der Waals surface area (Å²) in [5.74, 6) is -2.07. The first-order valence-corrected chi connectivity index (χ1v) is 12.1. The first-order valence-electron chi connectivity index (χ1n) is 12.1. The Kier molecular flexibility index (Phi) is 20.0. The van der Waals surface area contributed by atoms with Crippen molar-refractivity contribution in [1.29, 1.82) is 0 Å². The minimum absolute atomic E-state index is 0.0486. The van der Waals surface area contributed by atoms with E-state index in [1.165, 1.54) is 12.2 Å². The molecule has 0 aliphatic carbocycles. The lowest BCUT2D eigenvalue weighted by atomic mass is 10.3. The van der Waals surface area contributed by atoms with Crippen LogP contribution in [0.1, 0.15) is 6.42 Å². The van der Waals surface area contributed by atoms with Crippen molar-refractivity contribution >= 4 is 23.7 Å². The van der Waals surface area contributed by atoms with Crippen LogP contribution in [-0.4, -0.2) is 139 Å². The van der Waals surface area contributed by atoms with Gasteiger partial charge in [0, 0.05) is 31.7 Å². The zero-order valence-electron chi connectivity index (χ0n) is 21.1. The van der Waals surface area contributed by atoms with E-state index in [1.807, 2.05) is 0 Å². The van der Waals surface area contributed by atoms with Crippen LogP contribution in [0.25, 0.3) is 0 Å². The van der Waals surface area contributed by atoms with Crippen molar-refractivity contribution in [3.05, 3.63) is 12.2 Å². The van der Waals surface area contributed by atoms with Crippen molar-refractivity contribution in [2.24, 2.45) is 0 Å². The van der Waals surface area contributed by atoms with Crippen LogP contribution in [-0.2, 0) is 52.3 Å². The summed E-state index contributed by atoms with van der Waals surface area (Å²) in [5, 5.41) is 11.1. The Morgan fingerprint density at radius 3 is 1.43 bits per heavy atom. The molecule has 0 fully saturated rings. The molecule has 0 aromatic carbocycles. The van der Waals surface area contributed by atoms with Gasteiger partial charge in [0.15, 0.2) is 0 Å². The Bertz CT molecular complexity index is 671. The van der Waals surface area contributed by atoms with Gasteiger partial charge in [0.1, 0.15) is 6.61 Å². The number of ether oxygens (including phenoxy) is 7. The monoisotopic (exact) mass is 534 g/mol. The van der Waals surface area contributed by atoms with E-state index in [0.29, 0.717) is 85.8 Å². The van der Waals surface area contributed by atoms with Gasteiger partial charge in [-0.3, -0.25) is 19.3 Å². The summed E-state index contributed by atoms with van der Waals surface area (Å²) in [4.78, 5) is 45.8. The van der Waals surface area contributed by atoms with Gasteiger partial charge in [0.05, 0.1) is 85.9 Å². The maximum Gasteiger partial charge on any atom is 0.329 e. The average molecular weight is 535 g/mol. The molecule has 0 aromatic rings. The molecule has 0 spiro atoms. The standard InChI is InChI=1S/C23H38N2O12/c26-20(3-5-25-21(27)1-2-22(25)28)24-4-6-31-7-8-32-9-10-33-11-12-34-13-14-35-15-16-36-17-18-37-19-23(29)30/h1-2H,3-19H2,(H,24,26)(H,29,30). The maximum atomic E-state index is 11.7. The average Bonchev–Trinajstić information content (AvgIpc) is 3.19. The van der Waals surface area contributed by atoms with Gasteiger partial charge in [-0.2, -0.15) is 0 Å². The molecule has 3 amide bonds. The van der Waals surface area contributed by atoms with Gasteiger partial charge in [0.25, 0.3) is 11.8 Å². The summed E-state index contributed by atoms with van der Waals surface area (Å²) in [7, 11) is 0. The van der Waals surface area contributed by atoms with E-state index >= 15 is 0 Å². The van der Waals surface area contributed by atoms with Crippen LogP contribution in [0.4, 0.5) is 0 Å². The molecule has 0 saturated carbocycles. The normalized spacial score (nSPS) is 13.0. The van der Waals surface area contributed by atoms with Crippen molar-refractivity contribution in [3.8, 4) is 0 Å². The third-order valence-electron chi connectivity index (χ3n) is 4.49. The Morgan fingerprint density at radius 2 is 1.03 bits per heavy atom. The minimum Gasteiger partial charge on any atom is -0.480 e. The highest BCUT2D eigenvalue weighted by molar-refractivity contribution is 6.13. The predicted molar refractivity (Wildman–Crippen MR) is 127 cm³/mol. The number of carboxylic acids is 1. The fraction of sp³-hybridized carbons (Fsp3) is 0.739. The van der Waals surface area contributed by atoms with E-state index in [-0.39, 0.29) is 32.1 Å². The second-order valence-corrected chi connectivity index (χ2v) is 7.38. The zero-order valence-corrected chi connectivity index (χ0v) is 21.1. The smallest absolute Gasteiger partial charge is 0.329 e. The summed E-state index contributed by atoms with van der Waals surface area (Å²) >= 11 is 0. The Hall–Kier alpha value is -2.46. The second-order valence-electron chi connectivity index (χ2n) is 7.38. The van der Waals surface area contributed by atoms with Crippen molar-refractivity contribution in [3.63, 3.8) is 0 Å². The number of nitrogens with zero attached hydrogens (tertiary/aromatic N) is 1. The molecule has 14 nitrogen and oxygen atoms in total. The van der Waals surface area contributed by atoms with Crippen LogP contribution >= 0.6 is 0 Å². The van der Waals surface area contributed by atoms with Gasteiger partial charge in [-0.05, 0) is 0 Å². The van der Waals surface area contributed by atoms with Gasteiger partial charge in [0.2, 0.25) is 5.91 Å². The van der Waals surface area contributed by atoms with Crippen molar-refractivity contribution < 1.29 is 57.4 Å². The molecule has 1 aliphatic rings. The highest BCUT2D eigenvalue weighted by Gasteiger charge is 2.23. The summed E-state index contributed by atoms with van der Waals surface area (Å²) < 4.78 is 36.9. The number of nitrogens with one attached hydrogen (secondary N) is 1. The number of carboxylic acid groups (broad SMARTS) is 1. The largest absolute Gasteiger partial charge is 0.480 e. The number of amides is 3. The van der Waals surface area contributed by atoms with Crippen LogP contribution in [0, 0.1) is 0 Å². The van der Waals surface area contributed by atoms with Crippen LogP contribution in [0.15, 0.2) is 12.2 Å². The summed E-state index contributed by atoms with van der Waals surface area (Å²) in [5.41, 5.74) is 0. The Labute approximate surface area is 216 Å². The van der Waals surface area contributed by atoms with Crippen molar-refractivity contribution in [2.45, 2.75) is 6.42 Å². The highest BCUT2D eigenvalue weighted by Crippen LogP contribution is 2.03. The first kappa shape index (κ1) is 32.6. The molecule has 0 radical (unpaired) electrons. The number of rotatable bonds is 26. The molecule has 37 heavy (non-hydrogen) atoms. The van der Waals surface area contributed by atoms with Gasteiger partial charge in [-0.15, -0.1) is 0 Å². The number of hydrogen-bond acceptors (Lipinski definition) is 11. The van der Waals surface area contributed by atoms with Crippen LogP contribution in [0.5, 0.6) is 0 Å². The highest BCUT2D eigenvalue weighted by atomic mass is 16.6. The third kappa shape index (κ3) is 19.3. The van der Waals surface area contributed by atoms with E-state index in [1.54, 1.807) is 0 Å². The first-order chi connectivity index (χ1) is 18.0. The van der Waals surface area contributed by atoms with Gasteiger partial charge in [-0.25, -0.2) is 4.79 Å². The molecule has 0 atom stereocenters. The van der Waals surface area contributed by atoms with Crippen molar-refractivity contribution in [2.75, 3.05) is 106 Å². The number of hydrogen-bond donors (Lipinski definition) is 2. The molecular formula is C23H38N2O12. The molecule has 0 unspecified atom stereocenters. The Morgan fingerprint density at radius 1 is 0.649 bits per heavy atom. The topological polar surface area (TPSA) is 168 Å². The molecule has 1 aliphatic heterocycles. The molecule has 1 heterocycles. The molecular weight excluding hydrogens is 496 g/mol. The summed E-state index contributed by atoms with van der Waals surface area (Å²) in [6.45, 7) is 5.12. The molecule has 0 saturated heterocycles. The minimum atomic E-state index is -1.01. The lowest BCUT2D eigenvalue weighted by molar-refractivity contribution is -0.143. The van der Waals surface area contributed by atoms with E-state index in [9.17, 15) is 19.2 Å². The number of carbonyl (C=O) groups excluding carboxylic acids is 3. The number of aliphatic carboxylic acids is 1. The molecule has 2 N–H and O–H groups in total. The fourth-order valence-corrected chi connectivity index (χ4v) is 2.69. The van der Waals surface area contributed by atoms with E-state index in [4.69, 9.17) is 38.3 Å². The van der Waals surface area contributed by atoms with Crippen LogP contribution < -0.4 is 5.32 Å². The molecule has 0 aromatic heterocycles. The Balaban J connectivity index is 1.71. The quantitative estimate of drug-likeness (QED) is 0.0987. The molecule has 1 rings (SSSR count). The molecule has 212 valence electrons. The van der Waals surface area contributed by atoms with Crippen molar-refractivity contribution in [1.82, 2.24) is 10.2 Å². The van der Waals surface area contributed by atoms with Crippen LogP contribution in [0.2, 0.25) is 0 Å². The third-order valence-corrected chi connectivity index (χ3v) is 4.49. The number of imide groups is 1. The predicted octanol–water partition coefficient (Wildman–Crippen LogP) is -1.38. The summed E-state index contributed by atoms with van der Waals surface area (Å²) in [6.07, 6.45) is 2.42. The molecule has 14 heteroatoms. The van der Waals surface area contributed by atoms with E-state index < -0.39 is 17.8 Å². The van der Waals surface area contributed by atoms with Gasteiger partial charge >= 0.3 is 5.97 Å². The SMILES string of the molecule is O=C(O)COCCOCCOCCOCCOCCOCCOCCNC(=O)CCN1C(=O)C=CC1=O. The zero-order chi connectivity index (χ0) is 27.0. The van der Waals surface area contributed by atoms with Gasteiger partial charge in [-0.1, -0.05) is 0 Å². The van der Waals surface area contributed by atoms with Gasteiger partial charge < -0.3 is 43.6 Å². The number of carbonyl (C=O) groups is 4. The van der Waals surface area contributed by atoms with E-state index in [0.717, 1.165) is 4.90 Å². The fourth-order valence-electron chi connectivity index (χ4n) is 2.69. The molecule has 0 bridgehead atoms. The van der Waals surface area contributed by atoms with E-state index in [2.05, 4.69) is 5.32 Å². The lowest BCUT2D eigenvalue weighted by Gasteiger charge is -2.13. The lowest BCUT2D eigenvalue weighted by Crippen LogP contribution is -2.35.